The predicted octanol–water partition coefficient (Wildman–Crippen LogP) is 4.64. The third kappa shape index (κ3) is 16.9. The lowest BCUT2D eigenvalue weighted by Crippen LogP contribution is -2.37. The lowest BCUT2D eigenvalue weighted by Gasteiger charge is -2.19. The van der Waals surface area contributed by atoms with E-state index in [-0.39, 0.29) is 37.9 Å². The number of rotatable bonds is 25. The molecule has 0 aromatic heterocycles. The minimum Gasteiger partial charge on any atom is -0.481 e. The first-order valence-electron chi connectivity index (χ1n) is 17.9. The van der Waals surface area contributed by atoms with Gasteiger partial charge in [0.2, 0.25) is 5.91 Å². The van der Waals surface area contributed by atoms with Crippen LogP contribution in [0.5, 0.6) is 0 Å². The van der Waals surface area contributed by atoms with E-state index in [1.54, 1.807) is 20.8 Å². The van der Waals surface area contributed by atoms with E-state index in [1.165, 1.54) is 0 Å². The Hall–Kier alpha value is -4.24. The predicted molar refractivity (Wildman–Crippen MR) is 193 cm³/mol. The molecule has 0 unspecified atom stereocenters. The van der Waals surface area contributed by atoms with Gasteiger partial charge < -0.3 is 49.5 Å². The Bertz CT molecular complexity index is 1350. The lowest BCUT2D eigenvalue weighted by atomic mass is 9.98. The van der Waals surface area contributed by atoms with E-state index in [0.717, 1.165) is 22.3 Å². The molecule has 1 atom stereocenters. The second kappa shape index (κ2) is 23.3. The molecule has 0 spiro atoms. The maximum atomic E-state index is 12.7. The van der Waals surface area contributed by atoms with Gasteiger partial charge in [-0.15, -0.1) is 0 Å². The number of fused-ring (bicyclic) bond motifs is 3. The zero-order chi connectivity index (χ0) is 37.6. The smallest absolute Gasteiger partial charge is 0.407 e. The van der Waals surface area contributed by atoms with E-state index in [0.29, 0.717) is 78.6 Å². The summed E-state index contributed by atoms with van der Waals surface area (Å²) in [4.78, 5) is 47.8. The van der Waals surface area contributed by atoms with Crippen molar-refractivity contribution in [1.29, 1.82) is 0 Å². The van der Waals surface area contributed by atoms with Gasteiger partial charge in [0.15, 0.2) is 0 Å². The molecule has 0 fully saturated rings. The second-order valence-electron chi connectivity index (χ2n) is 13.2. The first kappa shape index (κ1) is 42.2. The minimum atomic E-state index is -1.01. The molecule has 0 aliphatic heterocycles. The maximum absolute atomic E-state index is 12.7. The van der Waals surface area contributed by atoms with Crippen molar-refractivity contribution in [3.63, 3.8) is 0 Å². The van der Waals surface area contributed by atoms with Crippen LogP contribution in [0.4, 0.5) is 9.59 Å². The van der Waals surface area contributed by atoms with Crippen molar-refractivity contribution in [3.8, 4) is 11.1 Å². The standard InChI is InChI=1S/C38H55N3O11/c1-38(2,3)52-36(45)40-17-19-48-21-23-50-25-24-49-22-20-47-18-15-34(42)39-16-9-8-10-28(26-35(43)44)41-37(46)51-27-33-31-13-6-4-11-29(31)30-12-5-7-14-32(30)33/h4-7,11-14,28,33H,8-10,15-27H2,1-3H3,(H,39,42)(H,40,45)(H,41,46)(H,43,44)/t28-/m1/s1. The summed E-state index contributed by atoms with van der Waals surface area (Å²) in [5, 5.41) is 17.5. The average molecular weight is 730 g/mol. The van der Waals surface area contributed by atoms with Gasteiger partial charge in [-0.2, -0.15) is 0 Å². The molecule has 288 valence electrons. The van der Waals surface area contributed by atoms with Crippen molar-refractivity contribution < 1.29 is 52.7 Å². The molecule has 0 saturated carbocycles. The van der Waals surface area contributed by atoms with Gasteiger partial charge in [-0.3, -0.25) is 9.59 Å². The molecule has 3 amide bonds. The number of amides is 3. The number of carboxylic acid groups (broad SMARTS) is 1. The van der Waals surface area contributed by atoms with E-state index in [2.05, 4.69) is 28.1 Å². The van der Waals surface area contributed by atoms with Crippen molar-refractivity contribution in [2.24, 2.45) is 0 Å². The molecule has 14 heteroatoms. The van der Waals surface area contributed by atoms with E-state index in [9.17, 15) is 24.3 Å². The number of unbranched alkanes of at least 4 members (excludes halogenated alkanes) is 1. The largest absolute Gasteiger partial charge is 0.481 e. The van der Waals surface area contributed by atoms with E-state index in [1.807, 2.05) is 36.4 Å². The molecule has 2 aromatic rings. The summed E-state index contributed by atoms with van der Waals surface area (Å²) < 4.78 is 32.4. The molecular formula is C38H55N3O11. The van der Waals surface area contributed by atoms with Gasteiger partial charge in [0.1, 0.15) is 12.2 Å². The molecular weight excluding hydrogens is 674 g/mol. The molecule has 52 heavy (non-hydrogen) atoms. The second-order valence-corrected chi connectivity index (χ2v) is 13.2. The van der Waals surface area contributed by atoms with Crippen LogP contribution < -0.4 is 16.0 Å². The fourth-order valence-corrected chi connectivity index (χ4v) is 5.54. The zero-order valence-corrected chi connectivity index (χ0v) is 30.6. The molecule has 3 rings (SSSR count). The van der Waals surface area contributed by atoms with Crippen LogP contribution in [0.15, 0.2) is 48.5 Å². The summed E-state index contributed by atoms with van der Waals surface area (Å²) in [5.41, 5.74) is 3.92. The lowest BCUT2D eigenvalue weighted by molar-refractivity contribution is -0.137. The number of aliphatic carboxylic acids is 1. The van der Waals surface area contributed by atoms with Gasteiger partial charge in [-0.05, 0) is 62.3 Å². The van der Waals surface area contributed by atoms with Gasteiger partial charge in [-0.25, -0.2) is 9.59 Å². The average Bonchev–Trinajstić information content (AvgIpc) is 3.41. The number of ether oxygens (including phenoxy) is 6. The number of benzene rings is 2. The van der Waals surface area contributed by atoms with Crippen LogP contribution in [0.25, 0.3) is 11.1 Å². The molecule has 0 radical (unpaired) electrons. The monoisotopic (exact) mass is 729 g/mol. The number of hydrogen-bond acceptors (Lipinski definition) is 10. The van der Waals surface area contributed by atoms with Crippen LogP contribution in [0.3, 0.4) is 0 Å². The first-order chi connectivity index (χ1) is 25.0. The van der Waals surface area contributed by atoms with Crippen LogP contribution in [-0.2, 0) is 38.0 Å². The zero-order valence-electron chi connectivity index (χ0n) is 30.6. The van der Waals surface area contributed by atoms with Crippen LogP contribution in [0.2, 0.25) is 0 Å². The topological polar surface area (TPSA) is 180 Å². The van der Waals surface area contributed by atoms with Crippen LogP contribution in [0, 0.1) is 0 Å². The number of carbonyl (C=O) groups is 4. The Morgan fingerprint density at radius 2 is 1.27 bits per heavy atom. The summed E-state index contributed by atoms with van der Waals surface area (Å²) >= 11 is 0. The van der Waals surface area contributed by atoms with Crippen LogP contribution in [0.1, 0.15) is 69.9 Å². The van der Waals surface area contributed by atoms with Crippen molar-refractivity contribution in [3.05, 3.63) is 59.7 Å². The van der Waals surface area contributed by atoms with E-state index in [4.69, 9.17) is 28.4 Å². The third-order valence-electron chi connectivity index (χ3n) is 7.89. The number of nitrogens with one attached hydrogen (secondary N) is 3. The normalized spacial score (nSPS) is 12.8. The fourth-order valence-electron chi connectivity index (χ4n) is 5.54. The van der Waals surface area contributed by atoms with Gasteiger partial charge >= 0.3 is 18.2 Å². The summed E-state index contributed by atoms with van der Waals surface area (Å²) in [6.07, 6.45) is 0.532. The van der Waals surface area contributed by atoms with Crippen molar-refractivity contribution in [2.45, 2.75) is 70.4 Å². The van der Waals surface area contributed by atoms with Crippen molar-refractivity contribution in [2.75, 3.05) is 72.6 Å². The van der Waals surface area contributed by atoms with Crippen LogP contribution >= 0.6 is 0 Å². The van der Waals surface area contributed by atoms with Crippen LogP contribution in [-0.4, -0.2) is 113 Å². The number of alkyl carbamates (subject to hydrolysis) is 2. The summed E-state index contributed by atoms with van der Waals surface area (Å²) in [5.74, 6) is -1.24. The minimum absolute atomic E-state index is 0.0870. The fraction of sp³-hybridized carbons (Fsp3) is 0.579. The van der Waals surface area contributed by atoms with Gasteiger partial charge in [0.25, 0.3) is 0 Å². The maximum Gasteiger partial charge on any atom is 0.407 e. The van der Waals surface area contributed by atoms with E-state index < -0.39 is 29.8 Å². The Balaban J connectivity index is 1.14. The Morgan fingerprint density at radius 3 is 1.85 bits per heavy atom. The van der Waals surface area contributed by atoms with Gasteiger partial charge in [0.05, 0.1) is 59.3 Å². The van der Waals surface area contributed by atoms with E-state index >= 15 is 0 Å². The molecule has 0 heterocycles. The Kier molecular flexibility index (Phi) is 18.9. The SMILES string of the molecule is CC(C)(C)OC(=O)NCCOCCOCCOCCOCCC(=O)NCCCC[C@H](CC(=O)O)NC(=O)OCC1c2ccccc2-c2ccccc21. The molecule has 1 aliphatic rings. The summed E-state index contributed by atoms with van der Waals surface area (Å²) in [6, 6.07) is 15.5. The Labute approximate surface area is 306 Å². The highest BCUT2D eigenvalue weighted by atomic mass is 16.6. The summed E-state index contributed by atoms with van der Waals surface area (Å²) in [7, 11) is 0. The number of carboxylic acids is 1. The van der Waals surface area contributed by atoms with Gasteiger partial charge in [-0.1, -0.05) is 48.5 Å². The molecule has 2 aromatic carbocycles. The molecule has 0 bridgehead atoms. The highest BCUT2D eigenvalue weighted by Gasteiger charge is 2.29. The molecule has 14 nitrogen and oxygen atoms in total. The van der Waals surface area contributed by atoms with Crippen molar-refractivity contribution >= 4 is 24.1 Å². The quantitative estimate of drug-likeness (QED) is 0.105. The Morgan fingerprint density at radius 1 is 0.712 bits per heavy atom. The van der Waals surface area contributed by atoms with Crippen molar-refractivity contribution in [1.82, 2.24) is 16.0 Å². The number of carbonyl (C=O) groups excluding carboxylic acids is 3. The highest BCUT2D eigenvalue weighted by molar-refractivity contribution is 5.79. The molecule has 4 N–H and O–H groups in total. The number of hydrogen-bond donors (Lipinski definition) is 4. The third-order valence-corrected chi connectivity index (χ3v) is 7.89. The van der Waals surface area contributed by atoms with Gasteiger partial charge in [0, 0.05) is 31.5 Å². The molecule has 0 saturated heterocycles. The molecule has 1 aliphatic carbocycles. The summed E-state index contributed by atoms with van der Waals surface area (Å²) in [6.45, 7) is 9.28. The first-order valence-corrected chi connectivity index (χ1v) is 17.9. The highest BCUT2D eigenvalue weighted by Crippen LogP contribution is 2.44.